The van der Waals surface area contributed by atoms with Crippen molar-refractivity contribution in [3.8, 4) is 11.8 Å². The fourth-order valence-corrected chi connectivity index (χ4v) is 8.87. The molecule has 4 heterocycles. The second-order valence-electron chi connectivity index (χ2n) is 13.8. The largest absolute Gasteiger partial charge is 0.494 e. The quantitative estimate of drug-likeness (QED) is 0.183. The zero-order chi connectivity index (χ0) is 34.3. The van der Waals surface area contributed by atoms with Gasteiger partial charge in [0.05, 0.1) is 39.7 Å². The molecular formula is C36H43BrN9O2P. The van der Waals surface area contributed by atoms with Crippen LogP contribution in [0, 0.1) is 11.3 Å². The van der Waals surface area contributed by atoms with Crippen LogP contribution in [-0.4, -0.2) is 97.5 Å². The van der Waals surface area contributed by atoms with Gasteiger partial charge in [-0.1, -0.05) is 6.07 Å². The Balaban J connectivity index is 1.12. The van der Waals surface area contributed by atoms with Gasteiger partial charge >= 0.3 is 0 Å². The zero-order valence-corrected chi connectivity index (χ0v) is 31.0. The number of hydrogen-bond acceptors (Lipinski definition) is 11. The number of likely N-dealkylation sites (N-methyl/N-ethyl adjacent to an activating group) is 1. The molecule has 4 aromatic rings. The van der Waals surface area contributed by atoms with Gasteiger partial charge in [-0.25, -0.2) is 4.98 Å². The van der Waals surface area contributed by atoms with Gasteiger partial charge in [0.2, 0.25) is 5.95 Å². The van der Waals surface area contributed by atoms with Gasteiger partial charge < -0.3 is 29.7 Å². The first-order valence-electron chi connectivity index (χ1n) is 17.0. The van der Waals surface area contributed by atoms with Crippen LogP contribution in [0.2, 0.25) is 0 Å². The molecule has 2 saturated heterocycles. The summed E-state index contributed by atoms with van der Waals surface area (Å²) in [6.45, 7) is 9.82. The number of aromatic nitrogens is 3. The molecule has 3 fully saturated rings. The SMILES string of the molecule is COc1cc(N2CCC(N3CCN(C)CC3)CC2)c(C#N)cc1Nc1ncc(Br)c(Nc2ccc3nc(C4CC4)ccc3c2P(C)(C)=O)n1. The minimum absolute atomic E-state index is 0.322. The number of fused-ring (bicyclic) bond motifs is 1. The minimum atomic E-state index is -2.72. The molecule has 0 radical (unpaired) electrons. The van der Waals surface area contributed by atoms with Gasteiger partial charge in [0.15, 0.2) is 0 Å². The van der Waals surface area contributed by atoms with Crippen LogP contribution in [0.4, 0.5) is 28.8 Å². The summed E-state index contributed by atoms with van der Waals surface area (Å²) in [6.07, 6.45) is 6.15. The lowest BCUT2D eigenvalue weighted by Crippen LogP contribution is -2.52. The summed E-state index contributed by atoms with van der Waals surface area (Å²) in [5.41, 5.74) is 4.70. The van der Waals surface area contributed by atoms with Gasteiger partial charge in [0.25, 0.3) is 0 Å². The van der Waals surface area contributed by atoms with Crippen molar-refractivity contribution in [3.05, 3.63) is 58.3 Å². The molecule has 1 aliphatic carbocycles. The third kappa shape index (κ3) is 7.27. The molecule has 0 atom stereocenters. The topological polar surface area (TPSA) is 123 Å². The Morgan fingerprint density at radius 3 is 2.39 bits per heavy atom. The Hall–Kier alpha value is -3.75. The van der Waals surface area contributed by atoms with Crippen molar-refractivity contribution in [1.29, 1.82) is 5.26 Å². The number of methoxy groups -OCH3 is 1. The van der Waals surface area contributed by atoms with Crippen molar-refractivity contribution < 1.29 is 9.30 Å². The summed E-state index contributed by atoms with van der Waals surface area (Å²) in [6, 6.07) is 14.8. The van der Waals surface area contributed by atoms with Crippen LogP contribution in [0.3, 0.4) is 0 Å². The van der Waals surface area contributed by atoms with E-state index in [0.29, 0.717) is 50.9 Å². The van der Waals surface area contributed by atoms with Crippen LogP contribution in [0.25, 0.3) is 10.9 Å². The summed E-state index contributed by atoms with van der Waals surface area (Å²) >= 11 is 3.59. The van der Waals surface area contributed by atoms with Gasteiger partial charge in [-0.3, -0.25) is 9.88 Å². The third-order valence-corrected chi connectivity index (χ3v) is 12.1. The summed E-state index contributed by atoms with van der Waals surface area (Å²) in [5.74, 6) is 1.97. The third-order valence-electron chi connectivity index (χ3n) is 9.94. The number of halogens is 1. The van der Waals surface area contributed by atoms with Crippen LogP contribution < -0.4 is 25.6 Å². The van der Waals surface area contributed by atoms with E-state index in [4.69, 9.17) is 14.7 Å². The van der Waals surface area contributed by atoms with E-state index in [2.05, 4.69) is 71.5 Å². The molecule has 0 unspecified atom stereocenters. The van der Waals surface area contributed by atoms with Gasteiger partial charge in [0, 0.05) is 79.9 Å². The van der Waals surface area contributed by atoms with Gasteiger partial charge in [-0.15, -0.1) is 0 Å². The van der Waals surface area contributed by atoms with E-state index >= 15 is 0 Å². The molecule has 49 heavy (non-hydrogen) atoms. The summed E-state index contributed by atoms with van der Waals surface area (Å²) in [7, 11) is 1.09. The van der Waals surface area contributed by atoms with Gasteiger partial charge in [-0.2, -0.15) is 10.2 Å². The van der Waals surface area contributed by atoms with E-state index in [9.17, 15) is 9.83 Å². The predicted octanol–water partition coefficient (Wildman–Crippen LogP) is 6.50. The molecule has 0 spiro atoms. The molecule has 0 amide bonds. The Labute approximate surface area is 296 Å². The van der Waals surface area contributed by atoms with Crippen molar-refractivity contribution in [2.24, 2.45) is 0 Å². The summed E-state index contributed by atoms with van der Waals surface area (Å²) < 4.78 is 20.1. The van der Waals surface area contributed by atoms with Crippen molar-refractivity contribution in [2.45, 2.75) is 37.6 Å². The predicted molar refractivity (Wildman–Crippen MR) is 201 cm³/mol. The minimum Gasteiger partial charge on any atom is -0.494 e. The van der Waals surface area contributed by atoms with Gasteiger partial charge in [-0.05, 0) is 86.3 Å². The highest BCUT2D eigenvalue weighted by molar-refractivity contribution is 9.10. The van der Waals surface area contributed by atoms with E-state index in [1.54, 1.807) is 26.6 Å². The summed E-state index contributed by atoms with van der Waals surface area (Å²) in [4.78, 5) is 21.5. The highest BCUT2D eigenvalue weighted by Gasteiger charge is 2.29. The average Bonchev–Trinajstić information content (AvgIpc) is 3.95. The fourth-order valence-electron chi connectivity index (χ4n) is 7.10. The lowest BCUT2D eigenvalue weighted by Gasteiger charge is -2.42. The number of piperidine rings is 1. The second-order valence-corrected chi connectivity index (χ2v) is 17.8. The molecule has 2 aromatic heterocycles. The molecule has 2 N–H and O–H groups in total. The smallest absolute Gasteiger partial charge is 0.229 e. The van der Waals surface area contributed by atoms with Crippen molar-refractivity contribution >= 4 is 68.1 Å². The number of nitrogens with one attached hydrogen (secondary N) is 2. The molecule has 11 nitrogen and oxygen atoms in total. The maximum absolute atomic E-state index is 13.7. The van der Waals surface area contributed by atoms with E-state index in [1.807, 2.05) is 24.3 Å². The highest BCUT2D eigenvalue weighted by Crippen LogP contribution is 2.44. The van der Waals surface area contributed by atoms with Crippen molar-refractivity contribution in [2.75, 3.05) is 82.3 Å². The molecule has 2 aliphatic heterocycles. The number of ether oxygens (including phenoxy) is 1. The normalized spacial score (nSPS) is 18.0. The molecule has 1 saturated carbocycles. The van der Waals surface area contributed by atoms with Crippen LogP contribution in [0.5, 0.6) is 5.75 Å². The lowest BCUT2D eigenvalue weighted by molar-refractivity contribution is 0.0982. The number of rotatable bonds is 9. The van der Waals surface area contributed by atoms with E-state index in [1.165, 1.54) is 12.8 Å². The number of piperazine rings is 1. The molecular weight excluding hydrogens is 701 g/mol. The molecule has 256 valence electrons. The number of hydrogen-bond donors (Lipinski definition) is 2. The number of pyridine rings is 1. The summed E-state index contributed by atoms with van der Waals surface area (Å²) in [5, 5.41) is 18.5. The molecule has 13 heteroatoms. The van der Waals surface area contributed by atoms with E-state index in [-0.39, 0.29) is 0 Å². The number of benzene rings is 2. The van der Waals surface area contributed by atoms with E-state index in [0.717, 1.165) is 79.7 Å². The Kier molecular flexibility index (Phi) is 9.55. The fraction of sp³-hybridized carbons (Fsp3) is 0.444. The average molecular weight is 745 g/mol. The molecule has 2 aromatic carbocycles. The van der Waals surface area contributed by atoms with E-state index < -0.39 is 7.14 Å². The molecule has 7 rings (SSSR count). The zero-order valence-electron chi connectivity index (χ0n) is 28.5. The van der Waals surface area contributed by atoms with Crippen LogP contribution in [0.1, 0.15) is 42.9 Å². The van der Waals surface area contributed by atoms with Crippen molar-refractivity contribution in [1.82, 2.24) is 24.8 Å². The molecule has 0 bridgehead atoms. The second kappa shape index (κ2) is 13.9. The van der Waals surface area contributed by atoms with Crippen LogP contribution in [-0.2, 0) is 4.57 Å². The van der Waals surface area contributed by atoms with Crippen LogP contribution >= 0.6 is 23.1 Å². The molecule has 3 aliphatic rings. The standard InChI is InChI=1S/C36H43BrN9O2P/c1-44-15-17-45(18-16-44)25-11-13-46(14-12-25)32-20-33(48-2)31(19-24(32)21-38)42-36-39-22-27(37)35(43-36)41-30-10-9-29-26(34(30)49(3,4)47)7-8-28(40-29)23-5-6-23/h7-10,19-20,22-23,25H,5-6,11-18H2,1-4H3,(H2,39,41,42,43). The lowest BCUT2D eigenvalue weighted by atomic mass is 10.0. The number of nitriles is 1. The number of anilines is 5. The van der Waals surface area contributed by atoms with Gasteiger partial charge in [0.1, 0.15) is 24.8 Å². The number of nitrogens with zero attached hydrogens (tertiary/aromatic N) is 7. The monoisotopic (exact) mass is 743 g/mol. The Morgan fingerprint density at radius 1 is 0.959 bits per heavy atom. The first-order valence-corrected chi connectivity index (χ1v) is 20.4. The first-order chi connectivity index (χ1) is 23.6. The van der Waals surface area contributed by atoms with Crippen molar-refractivity contribution in [3.63, 3.8) is 0 Å². The Bertz CT molecular complexity index is 1960. The maximum Gasteiger partial charge on any atom is 0.229 e. The Morgan fingerprint density at radius 2 is 1.71 bits per heavy atom. The highest BCUT2D eigenvalue weighted by atomic mass is 79.9. The maximum atomic E-state index is 13.7. The first kappa shape index (κ1) is 33.7. The van der Waals surface area contributed by atoms with Crippen LogP contribution in [0.15, 0.2) is 47.1 Å².